The van der Waals surface area contributed by atoms with Gasteiger partial charge < -0.3 is 0 Å². The summed E-state index contributed by atoms with van der Waals surface area (Å²) in [7, 11) is -3.70. The van der Waals surface area contributed by atoms with Gasteiger partial charge >= 0.3 is 0 Å². The molecule has 7 heteroatoms. The number of sulfonamides is 1. The second-order valence-electron chi connectivity index (χ2n) is 4.17. The molecule has 0 bridgehead atoms. The molecule has 0 atom stereocenters. The number of nitrogens with one attached hydrogen (secondary N) is 1. The van der Waals surface area contributed by atoms with Gasteiger partial charge in [0.15, 0.2) is 0 Å². The molecule has 2 aromatic carbocycles. The van der Waals surface area contributed by atoms with Crippen molar-refractivity contribution < 1.29 is 8.42 Å². The molecule has 0 aliphatic carbocycles. The van der Waals surface area contributed by atoms with Gasteiger partial charge in [0.2, 0.25) is 0 Å². The molecule has 2 aromatic rings. The lowest BCUT2D eigenvalue weighted by Crippen LogP contribution is -2.14. The lowest BCUT2D eigenvalue weighted by molar-refractivity contribution is 0.600. The van der Waals surface area contributed by atoms with E-state index in [9.17, 15) is 8.42 Å². The summed E-state index contributed by atoms with van der Waals surface area (Å²) >= 11 is 15.0. The molecular formula is C13H10BrCl2NO2S. The van der Waals surface area contributed by atoms with Crippen LogP contribution in [0.3, 0.4) is 0 Å². The first-order valence-electron chi connectivity index (χ1n) is 5.53. The molecule has 0 amide bonds. The quantitative estimate of drug-likeness (QED) is 0.807. The summed E-state index contributed by atoms with van der Waals surface area (Å²) in [5.74, 6) is 0. The van der Waals surface area contributed by atoms with Crippen molar-refractivity contribution in [2.24, 2.45) is 0 Å². The zero-order valence-corrected chi connectivity index (χ0v) is 14.2. The van der Waals surface area contributed by atoms with E-state index >= 15 is 0 Å². The van der Waals surface area contributed by atoms with E-state index < -0.39 is 10.0 Å². The SMILES string of the molecule is Cc1ccc(Br)cc1S(=O)(=O)Nc1cc(Cl)cc(Cl)c1. The van der Waals surface area contributed by atoms with Crippen molar-refractivity contribution in [2.45, 2.75) is 11.8 Å². The van der Waals surface area contributed by atoms with Crippen LogP contribution in [-0.2, 0) is 10.0 Å². The predicted molar refractivity (Wildman–Crippen MR) is 86.1 cm³/mol. The topological polar surface area (TPSA) is 46.2 Å². The van der Waals surface area contributed by atoms with Crippen LogP contribution >= 0.6 is 39.1 Å². The summed E-state index contributed by atoms with van der Waals surface area (Å²) in [5.41, 5.74) is 0.968. The zero-order valence-electron chi connectivity index (χ0n) is 10.3. The molecule has 2 rings (SSSR count). The second kappa shape index (κ2) is 5.93. The number of hydrogen-bond acceptors (Lipinski definition) is 2. The molecule has 0 unspecified atom stereocenters. The van der Waals surface area contributed by atoms with Crippen molar-refractivity contribution in [3.05, 3.63) is 56.5 Å². The van der Waals surface area contributed by atoms with Crippen molar-refractivity contribution in [2.75, 3.05) is 4.72 Å². The fraction of sp³-hybridized carbons (Fsp3) is 0.0769. The van der Waals surface area contributed by atoms with Crippen molar-refractivity contribution >= 4 is 54.8 Å². The minimum atomic E-state index is -3.70. The number of rotatable bonds is 3. The first kappa shape index (κ1) is 15.6. The van der Waals surface area contributed by atoms with Crippen molar-refractivity contribution in [3.63, 3.8) is 0 Å². The van der Waals surface area contributed by atoms with Gasteiger partial charge in [-0.05, 0) is 42.8 Å². The smallest absolute Gasteiger partial charge is 0.262 e. The minimum Gasteiger partial charge on any atom is -0.280 e. The number of halogens is 3. The highest BCUT2D eigenvalue weighted by molar-refractivity contribution is 9.10. The molecule has 20 heavy (non-hydrogen) atoms. The van der Waals surface area contributed by atoms with E-state index in [1.807, 2.05) is 0 Å². The molecule has 106 valence electrons. The average Bonchev–Trinajstić information content (AvgIpc) is 2.30. The fourth-order valence-corrected chi connectivity index (χ4v) is 4.04. The highest BCUT2D eigenvalue weighted by Gasteiger charge is 2.17. The van der Waals surface area contributed by atoms with E-state index in [1.165, 1.54) is 18.2 Å². The van der Waals surface area contributed by atoms with Gasteiger partial charge in [-0.15, -0.1) is 0 Å². The highest BCUT2D eigenvalue weighted by Crippen LogP contribution is 2.26. The van der Waals surface area contributed by atoms with Gasteiger partial charge in [-0.1, -0.05) is 45.2 Å². The third kappa shape index (κ3) is 3.67. The van der Waals surface area contributed by atoms with Gasteiger partial charge in [0, 0.05) is 14.5 Å². The molecule has 3 nitrogen and oxygen atoms in total. The number of hydrogen-bond donors (Lipinski definition) is 1. The van der Waals surface area contributed by atoms with E-state index in [2.05, 4.69) is 20.7 Å². The van der Waals surface area contributed by atoms with E-state index in [1.54, 1.807) is 25.1 Å². The third-order valence-electron chi connectivity index (χ3n) is 2.55. The number of aryl methyl sites for hydroxylation is 1. The molecule has 1 N–H and O–H groups in total. The summed E-state index contributed by atoms with van der Waals surface area (Å²) < 4.78 is 27.9. The Labute approximate surface area is 136 Å². The van der Waals surface area contributed by atoms with Crippen LogP contribution in [-0.4, -0.2) is 8.42 Å². The molecule has 0 heterocycles. The summed E-state index contributed by atoms with van der Waals surface area (Å²) in [6.07, 6.45) is 0. The first-order valence-corrected chi connectivity index (χ1v) is 8.56. The fourth-order valence-electron chi connectivity index (χ4n) is 1.69. The Kier molecular flexibility index (Phi) is 4.64. The number of benzene rings is 2. The predicted octanol–water partition coefficient (Wildman–Crippen LogP) is 4.87. The molecular weight excluding hydrogens is 385 g/mol. The zero-order chi connectivity index (χ0) is 14.9. The molecule has 0 aromatic heterocycles. The lowest BCUT2D eigenvalue weighted by atomic mass is 10.2. The maximum absolute atomic E-state index is 12.4. The Morgan fingerprint density at radius 2 is 1.65 bits per heavy atom. The normalized spacial score (nSPS) is 11.4. The maximum atomic E-state index is 12.4. The van der Waals surface area contributed by atoms with Gasteiger partial charge in [-0.3, -0.25) is 4.72 Å². The molecule has 0 aliphatic rings. The Bertz CT molecular complexity index is 743. The lowest BCUT2D eigenvalue weighted by Gasteiger charge is -2.11. The van der Waals surface area contributed by atoms with Crippen LogP contribution in [0.2, 0.25) is 10.0 Å². The van der Waals surface area contributed by atoms with E-state index in [0.29, 0.717) is 25.8 Å². The average molecular weight is 395 g/mol. The van der Waals surface area contributed by atoms with E-state index in [4.69, 9.17) is 23.2 Å². The molecule has 0 aliphatic heterocycles. The standard InChI is InChI=1S/C13H10BrCl2NO2S/c1-8-2-3-9(14)4-13(8)20(18,19)17-12-6-10(15)5-11(16)7-12/h2-7,17H,1H3. The third-order valence-corrected chi connectivity index (χ3v) is 5.01. The van der Waals surface area contributed by atoms with E-state index in [-0.39, 0.29) is 4.90 Å². The number of anilines is 1. The Balaban J connectivity index is 2.43. The molecule has 0 radical (unpaired) electrons. The van der Waals surface area contributed by atoms with Crippen LogP contribution in [0.4, 0.5) is 5.69 Å². The van der Waals surface area contributed by atoms with Crippen molar-refractivity contribution in [3.8, 4) is 0 Å². The summed E-state index contributed by atoms with van der Waals surface area (Å²) in [6.45, 7) is 1.73. The summed E-state index contributed by atoms with van der Waals surface area (Å²) in [4.78, 5) is 0.197. The van der Waals surface area contributed by atoms with Crippen LogP contribution in [0.5, 0.6) is 0 Å². The summed E-state index contributed by atoms with van der Waals surface area (Å²) in [5, 5.41) is 0.724. The molecule has 0 fully saturated rings. The minimum absolute atomic E-state index is 0.197. The first-order chi connectivity index (χ1) is 9.28. The van der Waals surface area contributed by atoms with Gasteiger partial charge in [0.25, 0.3) is 10.0 Å². The van der Waals surface area contributed by atoms with Gasteiger partial charge in [-0.2, -0.15) is 0 Å². The Morgan fingerprint density at radius 3 is 2.25 bits per heavy atom. The molecule has 0 spiro atoms. The van der Waals surface area contributed by atoms with Crippen LogP contribution < -0.4 is 4.72 Å². The van der Waals surface area contributed by atoms with Crippen LogP contribution in [0.25, 0.3) is 0 Å². The summed E-state index contributed by atoms with van der Waals surface area (Å²) in [6, 6.07) is 9.58. The molecule has 0 saturated carbocycles. The Morgan fingerprint density at radius 1 is 1.05 bits per heavy atom. The Hall–Kier alpha value is -0.750. The van der Waals surface area contributed by atoms with E-state index in [0.717, 1.165) is 0 Å². The van der Waals surface area contributed by atoms with Gasteiger partial charge in [-0.25, -0.2) is 8.42 Å². The van der Waals surface area contributed by atoms with Gasteiger partial charge in [0.1, 0.15) is 0 Å². The van der Waals surface area contributed by atoms with Crippen LogP contribution in [0.1, 0.15) is 5.56 Å². The van der Waals surface area contributed by atoms with Crippen LogP contribution in [0.15, 0.2) is 45.8 Å². The van der Waals surface area contributed by atoms with Crippen LogP contribution in [0, 0.1) is 6.92 Å². The highest BCUT2D eigenvalue weighted by atomic mass is 79.9. The van der Waals surface area contributed by atoms with Crippen molar-refractivity contribution in [1.29, 1.82) is 0 Å². The molecule has 0 saturated heterocycles. The second-order valence-corrected chi connectivity index (χ2v) is 7.61. The monoisotopic (exact) mass is 393 g/mol. The van der Waals surface area contributed by atoms with Gasteiger partial charge in [0.05, 0.1) is 10.6 Å². The van der Waals surface area contributed by atoms with Crippen molar-refractivity contribution in [1.82, 2.24) is 0 Å². The largest absolute Gasteiger partial charge is 0.280 e. The maximum Gasteiger partial charge on any atom is 0.262 e.